The molecule has 8 heteroatoms. The van der Waals surface area contributed by atoms with Crippen molar-refractivity contribution >= 4 is 23.7 Å². The van der Waals surface area contributed by atoms with E-state index in [9.17, 15) is 19.2 Å². The number of Topliss-reactive ketones (excluding diaryl/α,β-unsaturated/α-hetero) is 1. The molecule has 0 aromatic carbocycles. The summed E-state index contributed by atoms with van der Waals surface area (Å²) in [5, 5.41) is 0. The van der Waals surface area contributed by atoms with Crippen LogP contribution < -0.4 is 0 Å². The number of hydrogen-bond donors (Lipinski definition) is 0. The quantitative estimate of drug-likeness (QED) is 0.409. The van der Waals surface area contributed by atoms with Gasteiger partial charge in [0.1, 0.15) is 24.6 Å². The Bertz CT molecular complexity index is 723. The van der Waals surface area contributed by atoms with Gasteiger partial charge in [-0.2, -0.15) is 0 Å². The fraction of sp³-hybridized carbons (Fsp3) is 0.684. The molecular formula is C19H24O8. The van der Waals surface area contributed by atoms with Gasteiger partial charge < -0.3 is 18.9 Å². The summed E-state index contributed by atoms with van der Waals surface area (Å²) in [5.74, 6) is -2.02. The number of fused-ring (bicyclic) bond motifs is 3. The number of carbonyl (C=O) groups excluding carboxylic acids is 4. The summed E-state index contributed by atoms with van der Waals surface area (Å²) in [6, 6.07) is 0. The molecule has 0 unspecified atom stereocenters. The maximum Gasteiger partial charge on any atom is 0.338 e. The van der Waals surface area contributed by atoms with E-state index in [1.807, 2.05) is 6.92 Å². The smallest absolute Gasteiger partial charge is 0.338 e. The molecule has 1 saturated carbocycles. The summed E-state index contributed by atoms with van der Waals surface area (Å²) in [5.41, 5.74) is 0.00635. The second-order valence-corrected chi connectivity index (χ2v) is 7.59. The van der Waals surface area contributed by atoms with Gasteiger partial charge in [-0.3, -0.25) is 14.4 Å². The molecule has 5 atom stereocenters. The van der Waals surface area contributed by atoms with Gasteiger partial charge in [-0.25, -0.2) is 4.79 Å². The van der Waals surface area contributed by atoms with Gasteiger partial charge in [0.05, 0.1) is 11.2 Å². The van der Waals surface area contributed by atoms with Crippen molar-refractivity contribution in [1.82, 2.24) is 0 Å². The van der Waals surface area contributed by atoms with Crippen LogP contribution in [0.4, 0.5) is 0 Å². The first-order valence-electron chi connectivity index (χ1n) is 9.07. The minimum absolute atomic E-state index is 0.0495. The second kappa shape index (κ2) is 7.07. The molecule has 1 saturated heterocycles. The highest BCUT2D eigenvalue weighted by Gasteiger charge is 2.62. The summed E-state index contributed by atoms with van der Waals surface area (Å²) >= 11 is 0. The number of hydrogen-bond acceptors (Lipinski definition) is 8. The fourth-order valence-electron chi connectivity index (χ4n) is 3.81. The third-order valence-corrected chi connectivity index (χ3v) is 5.41. The first kappa shape index (κ1) is 19.5. The molecule has 1 aliphatic carbocycles. The molecule has 27 heavy (non-hydrogen) atoms. The van der Waals surface area contributed by atoms with Gasteiger partial charge >= 0.3 is 17.9 Å². The maximum absolute atomic E-state index is 12.5. The molecule has 0 aromatic heterocycles. The Morgan fingerprint density at radius 1 is 1.22 bits per heavy atom. The van der Waals surface area contributed by atoms with Gasteiger partial charge in [-0.15, -0.1) is 0 Å². The van der Waals surface area contributed by atoms with Gasteiger partial charge in [0.2, 0.25) is 0 Å². The lowest BCUT2D eigenvalue weighted by Crippen LogP contribution is -2.35. The molecule has 0 radical (unpaired) electrons. The summed E-state index contributed by atoms with van der Waals surface area (Å²) in [6.45, 7) is 5.87. The highest BCUT2D eigenvalue weighted by Crippen LogP contribution is 2.49. The number of carbonyl (C=O) groups is 4. The molecule has 0 amide bonds. The van der Waals surface area contributed by atoms with Crippen molar-refractivity contribution in [3.63, 3.8) is 0 Å². The minimum Gasteiger partial charge on any atom is -0.461 e. The number of ketones is 1. The van der Waals surface area contributed by atoms with E-state index in [1.165, 1.54) is 13.8 Å². The monoisotopic (exact) mass is 380 g/mol. The second-order valence-electron chi connectivity index (χ2n) is 7.59. The Kier molecular flexibility index (Phi) is 5.12. The molecule has 0 N–H and O–H groups in total. The largest absolute Gasteiger partial charge is 0.461 e. The Morgan fingerprint density at radius 3 is 2.56 bits per heavy atom. The van der Waals surface area contributed by atoms with Gasteiger partial charge in [-0.05, 0) is 19.8 Å². The molecule has 0 aromatic rings. The number of epoxide rings is 1. The predicted octanol–water partition coefficient (Wildman–Crippen LogP) is 1.25. The third-order valence-electron chi connectivity index (χ3n) is 5.41. The predicted molar refractivity (Wildman–Crippen MR) is 90.4 cm³/mol. The van der Waals surface area contributed by atoms with Gasteiger partial charge in [-0.1, -0.05) is 6.92 Å². The van der Waals surface area contributed by atoms with Crippen molar-refractivity contribution in [3.05, 3.63) is 11.1 Å². The van der Waals surface area contributed by atoms with E-state index in [1.54, 1.807) is 6.92 Å². The van der Waals surface area contributed by atoms with E-state index in [0.717, 1.165) is 0 Å². The molecule has 8 nitrogen and oxygen atoms in total. The Balaban J connectivity index is 2.03. The van der Waals surface area contributed by atoms with Crippen molar-refractivity contribution < 1.29 is 38.1 Å². The maximum atomic E-state index is 12.5. The van der Waals surface area contributed by atoms with Crippen molar-refractivity contribution in [1.29, 1.82) is 0 Å². The van der Waals surface area contributed by atoms with Crippen LogP contribution in [0, 0.1) is 5.92 Å². The van der Waals surface area contributed by atoms with Crippen LogP contribution in [0.25, 0.3) is 0 Å². The van der Waals surface area contributed by atoms with E-state index in [0.29, 0.717) is 18.4 Å². The number of rotatable bonds is 3. The van der Waals surface area contributed by atoms with Crippen LogP contribution in [0.2, 0.25) is 0 Å². The Morgan fingerprint density at radius 2 is 1.93 bits per heavy atom. The van der Waals surface area contributed by atoms with Crippen LogP contribution in [0.1, 0.15) is 47.0 Å². The Hall–Kier alpha value is -2.22. The molecule has 2 heterocycles. The first-order valence-corrected chi connectivity index (χ1v) is 9.07. The summed E-state index contributed by atoms with van der Waals surface area (Å²) in [7, 11) is 0. The van der Waals surface area contributed by atoms with Crippen LogP contribution in [0.3, 0.4) is 0 Å². The number of ether oxygens (including phenoxy) is 4. The van der Waals surface area contributed by atoms with Crippen LogP contribution >= 0.6 is 0 Å². The van der Waals surface area contributed by atoms with Gasteiger partial charge in [0.15, 0.2) is 6.10 Å². The highest BCUT2D eigenvalue weighted by molar-refractivity contribution is 5.93. The average Bonchev–Trinajstić information content (AvgIpc) is 3.12. The molecule has 2 fully saturated rings. The van der Waals surface area contributed by atoms with Crippen LogP contribution in [0.15, 0.2) is 11.1 Å². The normalized spacial score (nSPS) is 35.7. The lowest BCUT2D eigenvalue weighted by Gasteiger charge is -2.26. The lowest BCUT2D eigenvalue weighted by molar-refractivity contribution is -0.147. The fourth-order valence-corrected chi connectivity index (χ4v) is 3.81. The van der Waals surface area contributed by atoms with Crippen LogP contribution in [-0.2, 0) is 38.1 Å². The lowest BCUT2D eigenvalue weighted by atomic mass is 9.83. The van der Waals surface area contributed by atoms with Gasteiger partial charge in [0, 0.05) is 31.8 Å². The van der Waals surface area contributed by atoms with Crippen LogP contribution in [0.5, 0.6) is 0 Å². The highest BCUT2D eigenvalue weighted by atomic mass is 16.6. The van der Waals surface area contributed by atoms with E-state index < -0.39 is 41.8 Å². The number of esters is 3. The molecule has 0 bridgehead atoms. The molecule has 2 aliphatic heterocycles. The van der Waals surface area contributed by atoms with E-state index in [4.69, 9.17) is 18.9 Å². The summed E-state index contributed by atoms with van der Waals surface area (Å²) < 4.78 is 21.8. The molecule has 0 spiro atoms. The minimum atomic E-state index is -0.824. The SMILES string of the molecule is CC(=O)OCC1=C2[C@@H](OC(C)=O)C[C@H](C)C(=O)CC[C@@]3(C)O[C@@H]3[C@H]2OC1=O. The zero-order chi connectivity index (χ0) is 19.9. The van der Waals surface area contributed by atoms with Gasteiger partial charge in [0.25, 0.3) is 0 Å². The summed E-state index contributed by atoms with van der Waals surface area (Å²) in [6.07, 6.45) is -0.868. The van der Waals surface area contributed by atoms with Crippen molar-refractivity contribution in [2.45, 2.75) is 70.9 Å². The van der Waals surface area contributed by atoms with E-state index in [2.05, 4.69) is 0 Å². The molecule has 148 valence electrons. The topological polar surface area (TPSA) is 108 Å². The van der Waals surface area contributed by atoms with Crippen molar-refractivity contribution in [3.8, 4) is 0 Å². The first-order chi connectivity index (χ1) is 12.6. The summed E-state index contributed by atoms with van der Waals surface area (Å²) in [4.78, 5) is 47.8. The van der Waals surface area contributed by atoms with Crippen molar-refractivity contribution in [2.75, 3.05) is 6.61 Å². The zero-order valence-corrected chi connectivity index (χ0v) is 15.9. The zero-order valence-electron chi connectivity index (χ0n) is 15.9. The third kappa shape index (κ3) is 3.90. The van der Waals surface area contributed by atoms with E-state index in [-0.39, 0.29) is 30.3 Å². The van der Waals surface area contributed by atoms with Crippen molar-refractivity contribution in [2.24, 2.45) is 5.92 Å². The molecule has 3 rings (SSSR count). The molecular weight excluding hydrogens is 356 g/mol. The molecule has 3 aliphatic rings. The van der Waals surface area contributed by atoms with Crippen LogP contribution in [-0.4, -0.2) is 54.2 Å². The Labute approximate surface area is 157 Å². The standard InChI is InChI=1S/C19H24O8/c1-9-7-14(25-11(3)21)15-12(8-24-10(2)20)18(23)26-16(15)17-19(4,27-17)6-5-13(9)22/h9,14,16-17H,5-8H2,1-4H3/t9-,14-,16-,17+,19+/m0/s1. The van der Waals surface area contributed by atoms with E-state index >= 15 is 0 Å². The average molecular weight is 380 g/mol.